The Kier molecular flexibility index (Phi) is 5.80. The third kappa shape index (κ3) is 4.69. The summed E-state index contributed by atoms with van der Waals surface area (Å²) in [4.78, 5) is 11.7. The molecule has 0 spiro atoms. The molecule has 0 bridgehead atoms. The molecule has 0 aliphatic heterocycles. The lowest BCUT2D eigenvalue weighted by atomic mass is 10.1. The number of benzene rings is 2. The van der Waals surface area contributed by atoms with E-state index in [9.17, 15) is 4.79 Å². The molecule has 1 unspecified atom stereocenters. The number of nitrogens with zero attached hydrogens (tertiary/aromatic N) is 7. The fourth-order valence-corrected chi connectivity index (χ4v) is 3.44. The maximum atomic E-state index is 11.7. The van der Waals surface area contributed by atoms with E-state index in [1.54, 1.807) is 21.5 Å². The first-order valence-corrected chi connectivity index (χ1v) is 9.71. The second kappa shape index (κ2) is 8.83. The van der Waals surface area contributed by atoms with Gasteiger partial charge < -0.3 is 5.32 Å². The molecule has 30 heavy (non-hydrogen) atoms. The monoisotopic (exact) mass is 422 g/mol. The molecule has 10 heteroatoms. The first kappa shape index (κ1) is 19.7. The van der Waals surface area contributed by atoms with Gasteiger partial charge in [-0.05, 0) is 40.6 Å². The molecule has 1 atom stereocenters. The third-order valence-corrected chi connectivity index (χ3v) is 4.74. The minimum absolute atomic E-state index is 0.0907. The number of hydrogen-bond acceptors (Lipinski definition) is 6. The molecule has 9 nitrogen and oxygen atoms in total. The Bertz CT molecular complexity index is 1130. The second-order valence-corrected chi connectivity index (χ2v) is 7.27. The number of tetrazole rings is 1. The van der Waals surface area contributed by atoms with Crippen molar-refractivity contribution in [2.24, 2.45) is 0 Å². The molecule has 2 heterocycles. The summed E-state index contributed by atoms with van der Waals surface area (Å²) < 4.78 is 3.25. The third-order valence-electron chi connectivity index (χ3n) is 4.51. The van der Waals surface area contributed by atoms with Gasteiger partial charge in [-0.2, -0.15) is 4.68 Å². The maximum absolute atomic E-state index is 11.7. The van der Waals surface area contributed by atoms with Crippen LogP contribution in [0.3, 0.4) is 0 Å². The predicted octanol–water partition coefficient (Wildman–Crippen LogP) is 2.32. The van der Waals surface area contributed by atoms with Crippen LogP contribution in [0.2, 0.25) is 5.02 Å². The van der Waals surface area contributed by atoms with Crippen LogP contribution >= 0.6 is 11.6 Å². The molecule has 0 saturated carbocycles. The van der Waals surface area contributed by atoms with Crippen LogP contribution in [0.15, 0.2) is 61.1 Å². The average Bonchev–Trinajstić information content (AvgIpc) is 3.40. The van der Waals surface area contributed by atoms with Gasteiger partial charge in [-0.25, -0.2) is 4.68 Å². The van der Waals surface area contributed by atoms with Gasteiger partial charge in [0.05, 0.1) is 24.5 Å². The summed E-state index contributed by atoms with van der Waals surface area (Å²) in [7, 11) is 0. The van der Waals surface area contributed by atoms with E-state index in [-0.39, 0.29) is 11.9 Å². The van der Waals surface area contributed by atoms with Gasteiger partial charge in [-0.1, -0.05) is 47.1 Å². The van der Waals surface area contributed by atoms with Crippen molar-refractivity contribution >= 4 is 17.5 Å². The van der Waals surface area contributed by atoms with Gasteiger partial charge in [0.15, 0.2) is 0 Å². The molecule has 4 rings (SSSR count). The van der Waals surface area contributed by atoms with E-state index in [0.29, 0.717) is 23.7 Å². The van der Waals surface area contributed by atoms with Crippen LogP contribution in [0.25, 0.3) is 16.9 Å². The van der Waals surface area contributed by atoms with Crippen LogP contribution in [-0.4, -0.2) is 47.2 Å². The molecule has 1 N–H and O–H groups in total. The van der Waals surface area contributed by atoms with Gasteiger partial charge in [0.1, 0.15) is 12.0 Å². The fourth-order valence-electron chi connectivity index (χ4n) is 3.27. The van der Waals surface area contributed by atoms with Crippen molar-refractivity contribution in [3.63, 3.8) is 0 Å². The van der Waals surface area contributed by atoms with Crippen LogP contribution in [0.4, 0.5) is 0 Å². The lowest BCUT2D eigenvalue weighted by molar-refractivity contribution is -0.119. The second-order valence-electron chi connectivity index (χ2n) is 6.83. The number of rotatable bonds is 7. The minimum Gasteiger partial charge on any atom is -0.351 e. The summed E-state index contributed by atoms with van der Waals surface area (Å²) in [6.45, 7) is 1.98. The molecule has 2 aromatic heterocycles. The van der Waals surface area contributed by atoms with Gasteiger partial charge in [0, 0.05) is 17.5 Å². The lowest BCUT2D eigenvalue weighted by Crippen LogP contribution is -2.38. The number of amides is 1. The smallest absolute Gasteiger partial charge is 0.217 e. The van der Waals surface area contributed by atoms with E-state index in [1.807, 2.05) is 42.6 Å². The highest BCUT2D eigenvalue weighted by atomic mass is 35.5. The zero-order valence-electron chi connectivity index (χ0n) is 16.2. The molecule has 2 aromatic carbocycles. The number of aromatic nitrogens is 7. The van der Waals surface area contributed by atoms with E-state index < -0.39 is 0 Å². The number of hydrogen-bond donors (Lipinski definition) is 1. The van der Waals surface area contributed by atoms with Crippen LogP contribution in [0, 0.1) is 0 Å². The summed E-state index contributed by atoms with van der Waals surface area (Å²) in [6, 6.07) is 15.2. The average molecular weight is 423 g/mol. The van der Waals surface area contributed by atoms with Crippen LogP contribution in [0.5, 0.6) is 0 Å². The van der Waals surface area contributed by atoms with Crippen molar-refractivity contribution < 1.29 is 4.79 Å². The molecule has 0 aliphatic rings. The molecule has 1 amide bonds. The van der Waals surface area contributed by atoms with E-state index in [1.165, 1.54) is 13.3 Å². The van der Waals surface area contributed by atoms with E-state index in [0.717, 1.165) is 16.8 Å². The van der Waals surface area contributed by atoms with Crippen molar-refractivity contribution in [3.05, 3.63) is 71.6 Å². The van der Waals surface area contributed by atoms with Crippen molar-refractivity contribution in [2.45, 2.75) is 25.9 Å². The number of halogens is 1. The van der Waals surface area contributed by atoms with Crippen LogP contribution in [-0.2, 0) is 17.8 Å². The van der Waals surface area contributed by atoms with Gasteiger partial charge in [-0.3, -0.25) is 4.79 Å². The number of carbonyl (C=O) groups is 1. The zero-order valence-corrected chi connectivity index (χ0v) is 16.9. The first-order valence-electron chi connectivity index (χ1n) is 9.33. The molecular weight excluding hydrogens is 404 g/mol. The van der Waals surface area contributed by atoms with Crippen LogP contribution < -0.4 is 5.32 Å². The highest BCUT2D eigenvalue weighted by Crippen LogP contribution is 2.27. The summed E-state index contributed by atoms with van der Waals surface area (Å²) in [5.41, 5.74) is 3.25. The van der Waals surface area contributed by atoms with Crippen molar-refractivity contribution in [2.75, 3.05) is 0 Å². The molecule has 0 saturated heterocycles. The summed E-state index contributed by atoms with van der Waals surface area (Å²) in [5.74, 6) is -0.0907. The quantitative estimate of drug-likeness (QED) is 0.490. The van der Waals surface area contributed by atoms with Gasteiger partial charge in [0.2, 0.25) is 5.91 Å². The summed E-state index contributed by atoms with van der Waals surface area (Å²) in [5, 5.41) is 23.4. The highest BCUT2D eigenvalue weighted by Gasteiger charge is 2.16. The van der Waals surface area contributed by atoms with E-state index in [2.05, 4.69) is 31.2 Å². The number of carbonyl (C=O) groups excluding carboxylic acids is 1. The first-order chi connectivity index (χ1) is 14.6. The molecule has 0 radical (unpaired) electrons. The normalized spacial score (nSPS) is 11.9. The Morgan fingerprint density at radius 2 is 2.00 bits per heavy atom. The minimum atomic E-state index is -0.127. The topological polar surface area (TPSA) is 103 Å². The van der Waals surface area contributed by atoms with Gasteiger partial charge >= 0.3 is 0 Å². The SMILES string of the molecule is CC(=O)NC(Cc1ccccc1)Cn1cc(-c2cc(Cl)ccc2-n2cnnn2)nn1. The molecule has 0 fully saturated rings. The Balaban J connectivity index is 1.59. The van der Waals surface area contributed by atoms with Crippen molar-refractivity contribution in [3.8, 4) is 16.9 Å². The Morgan fingerprint density at radius 3 is 2.73 bits per heavy atom. The fraction of sp³-hybridized carbons (Fsp3) is 0.200. The summed E-state index contributed by atoms with van der Waals surface area (Å²) in [6.07, 6.45) is 4.01. The van der Waals surface area contributed by atoms with E-state index >= 15 is 0 Å². The molecule has 152 valence electrons. The van der Waals surface area contributed by atoms with E-state index in [4.69, 9.17) is 11.6 Å². The largest absolute Gasteiger partial charge is 0.351 e. The van der Waals surface area contributed by atoms with Gasteiger partial charge in [-0.15, -0.1) is 10.2 Å². The van der Waals surface area contributed by atoms with Crippen molar-refractivity contribution in [1.82, 2.24) is 40.5 Å². The Labute approximate surface area is 177 Å². The Hall–Kier alpha value is -3.59. The van der Waals surface area contributed by atoms with Gasteiger partial charge in [0.25, 0.3) is 0 Å². The predicted molar refractivity (Wildman–Crippen MR) is 111 cm³/mol. The lowest BCUT2D eigenvalue weighted by Gasteiger charge is -2.17. The molecular formula is C20H19ClN8O. The highest BCUT2D eigenvalue weighted by molar-refractivity contribution is 6.31. The number of nitrogens with one attached hydrogen (secondary N) is 1. The Morgan fingerprint density at radius 1 is 1.17 bits per heavy atom. The molecule has 0 aliphatic carbocycles. The van der Waals surface area contributed by atoms with Crippen LogP contribution in [0.1, 0.15) is 12.5 Å². The molecule has 4 aromatic rings. The zero-order chi connectivity index (χ0) is 20.9. The maximum Gasteiger partial charge on any atom is 0.217 e. The summed E-state index contributed by atoms with van der Waals surface area (Å²) >= 11 is 6.20. The van der Waals surface area contributed by atoms with Crippen molar-refractivity contribution in [1.29, 1.82) is 0 Å². The standard InChI is InChI=1S/C20H19ClN8O/c1-14(30)23-17(9-15-5-3-2-4-6-15)11-28-12-19(24-26-28)18-10-16(21)7-8-20(18)29-13-22-25-27-29/h2-8,10,12-13,17H,9,11H2,1H3,(H,23,30).